The molecule has 2 aromatic heterocycles. The summed E-state index contributed by atoms with van der Waals surface area (Å²) in [6, 6.07) is 9.31. The highest BCUT2D eigenvalue weighted by Gasteiger charge is 2.21. The Kier molecular flexibility index (Phi) is 3.43. The topological polar surface area (TPSA) is 104 Å². The van der Waals surface area contributed by atoms with Gasteiger partial charge in [-0.25, -0.2) is 0 Å². The molecule has 1 aliphatic rings. The molecular formula is C18H12N4O3. The van der Waals surface area contributed by atoms with E-state index >= 15 is 0 Å². The molecule has 0 atom stereocenters. The van der Waals surface area contributed by atoms with Crippen LogP contribution < -0.4 is 5.32 Å². The Bertz CT molecular complexity index is 1040. The van der Waals surface area contributed by atoms with Gasteiger partial charge in [-0.1, -0.05) is 11.2 Å². The van der Waals surface area contributed by atoms with Crippen molar-refractivity contribution in [1.29, 1.82) is 5.26 Å². The minimum absolute atomic E-state index is 0.0356. The molecule has 0 bridgehead atoms. The SMILES string of the molecule is Cc1c(C(=O)Nc2ccc3c(c2)C(c2ccoc2)=NC3)noc1C#N. The number of carbonyl (C=O) groups is 1. The number of nitrogens with zero attached hydrogens (tertiary/aromatic N) is 3. The summed E-state index contributed by atoms with van der Waals surface area (Å²) < 4.78 is 9.97. The van der Waals surface area contributed by atoms with Gasteiger partial charge in [0.15, 0.2) is 5.69 Å². The van der Waals surface area contributed by atoms with E-state index < -0.39 is 5.91 Å². The van der Waals surface area contributed by atoms with Crippen molar-refractivity contribution >= 4 is 17.3 Å². The van der Waals surface area contributed by atoms with Gasteiger partial charge < -0.3 is 14.3 Å². The Morgan fingerprint density at radius 1 is 1.36 bits per heavy atom. The van der Waals surface area contributed by atoms with Crippen molar-refractivity contribution in [3.63, 3.8) is 0 Å². The third-order valence-electron chi connectivity index (χ3n) is 4.07. The molecule has 3 aromatic rings. The number of rotatable bonds is 3. The van der Waals surface area contributed by atoms with Crippen LogP contribution in [0, 0.1) is 18.3 Å². The number of furan rings is 1. The Labute approximate surface area is 142 Å². The van der Waals surface area contributed by atoms with Crippen LogP contribution in [-0.2, 0) is 6.54 Å². The second kappa shape index (κ2) is 5.76. The quantitative estimate of drug-likeness (QED) is 0.793. The van der Waals surface area contributed by atoms with Crippen LogP contribution in [0.3, 0.4) is 0 Å². The molecule has 0 saturated heterocycles. The van der Waals surface area contributed by atoms with Gasteiger partial charge in [0.1, 0.15) is 6.07 Å². The van der Waals surface area contributed by atoms with E-state index in [1.807, 2.05) is 30.3 Å². The molecule has 0 radical (unpaired) electrons. The lowest BCUT2D eigenvalue weighted by Gasteiger charge is -2.07. The van der Waals surface area contributed by atoms with Gasteiger partial charge in [0.2, 0.25) is 5.76 Å². The molecule has 0 unspecified atom stereocenters. The summed E-state index contributed by atoms with van der Waals surface area (Å²) in [5.41, 5.74) is 4.90. The Hall–Kier alpha value is -3.66. The molecule has 122 valence electrons. The number of carbonyl (C=O) groups excluding carboxylic acids is 1. The lowest BCUT2D eigenvalue weighted by Crippen LogP contribution is -2.14. The lowest BCUT2D eigenvalue weighted by molar-refractivity contribution is 0.101. The fourth-order valence-corrected chi connectivity index (χ4v) is 2.75. The van der Waals surface area contributed by atoms with Crippen LogP contribution in [-0.4, -0.2) is 16.8 Å². The highest BCUT2D eigenvalue weighted by atomic mass is 16.5. The summed E-state index contributed by atoms with van der Waals surface area (Å²) in [6.07, 6.45) is 3.24. The zero-order chi connectivity index (χ0) is 17.4. The number of anilines is 1. The van der Waals surface area contributed by atoms with Gasteiger partial charge in [-0.2, -0.15) is 5.26 Å². The van der Waals surface area contributed by atoms with Crippen molar-refractivity contribution < 1.29 is 13.7 Å². The molecule has 0 fully saturated rings. The van der Waals surface area contributed by atoms with Crippen LogP contribution in [0.4, 0.5) is 5.69 Å². The van der Waals surface area contributed by atoms with Gasteiger partial charge in [0.05, 0.1) is 24.8 Å². The third kappa shape index (κ3) is 2.50. The van der Waals surface area contributed by atoms with Crippen molar-refractivity contribution in [2.45, 2.75) is 13.5 Å². The number of aliphatic imine (C=N–C) groups is 1. The fourth-order valence-electron chi connectivity index (χ4n) is 2.75. The normalized spacial score (nSPS) is 12.4. The predicted octanol–water partition coefficient (Wildman–Crippen LogP) is 3.05. The molecule has 1 N–H and O–H groups in total. The smallest absolute Gasteiger partial charge is 0.278 e. The van der Waals surface area contributed by atoms with E-state index in [0.717, 1.165) is 22.4 Å². The van der Waals surface area contributed by atoms with Crippen LogP contribution in [0.2, 0.25) is 0 Å². The molecular weight excluding hydrogens is 320 g/mol. The monoisotopic (exact) mass is 332 g/mol. The summed E-state index contributed by atoms with van der Waals surface area (Å²) in [6.45, 7) is 2.22. The van der Waals surface area contributed by atoms with Crippen molar-refractivity contribution in [3.05, 3.63) is 70.5 Å². The minimum Gasteiger partial charge on any atom is -0.472 e. The standard InChI is InChI=1S/C18H12N4O3/c1-10-15(7-19)25-22-16(10)18(23)21-13-3-2-11-8-20-17(14(11)6-13)12-4-5-24-9-12/h2-6,9H,8H2,1H3,(H,21,23). The highest BCUT2D eigenvalue weighted by molar-refractivity contribution is 6.15. The molecule has 7 heteroatoms. The van der Waals surface area contributed by atoms with E-state index in [1.165, 1.54) is 0 Å². The van der Waals surface area contributed by atoms with Gasteiger partial charge >= 0.3 is 0 Å². The molecule has 1 aliphatic heterocycles. The first-order chi connectivity index (χ1) is 12.2. The second-order valence-electron chi connectivity index (χ2n) is 5.60. The zero-order valence-corrected chi connectivity index (χ0v) is 13.2. The number of nitriles is 1. The van der Waals surface area contributed by atoms with E-state index in [1.54, 1.807) is 19.5 Å². The number of hydrogen-bond acceptors (Lipinski definition) is 6. The summed E-state index contributed by atoms with van der Waals surface area (Å²) in [7, 11) is 0. The van der Waals surface area contributed by atoms with Crippen LogP contribution in [0.5, 0.6) is 0 Å². The molecule has 1 amide bonds. The fraction of sp³-hybridized carbons (Fsp3) is 0.111. The first-order valence-corrected chi connectivity index (χ1v) is 7.55. The number of benzene rings is 1. The van der Waals surface area contributed by atoms with Crippen molar-refractivity contribution in [1.82, 2.24) is 5.16 Å². The number of hydrogen-bond donors (Lipinski definition) is 1. The van der Waals surface area contributed by atoms with Crippen LogP contribution in [0.15, 0.2) is 50.7 Å². The lowest BCUT2D eigenvalue weighted by atomic mass is 10.0. The van der Waals surface area contributed by atoms with E-state index in [2.05, 4.69) is 15.5 Å². The largest absolute Gasteiger partial charge is 0.472 e. The molecule has 4 rings (SSSR count). The highest BCUT2D eigenvalue weighted by Crippen LogP contribution is 2.26. The maximum absolute atomic E-state index is 12.4. The van der Waals surface area contributed by atoms with Gasteiger partial charge in [-0.15, -0.1) is 0 Å². The summed E-state index contributed by atoms with van der Waals surface area (Å²) in [5.74, 6) is -0.393. The maximum Gasteiger partial charge on any atom is 0.278 e. The van der Waals surface area contributed by atoms with E-state index in [-0.39, 0.29) is 11.5 Å². The first-order valence-electron chi connectivity index (χ1n) is 7.55. The molecule has 7 nitrogen and oxygen atoms in total. The third-order valence-corrected chi connectivity index (χ3v) is 4.07. The van der Waals surface area contributed by atoms with Crippen LogP contribution in [0.1, 0.15) is 38.5 Å². The van der Waals surface area contributed by atoms with Crippen molar-refractivity contribution in [2.75, 3.05) is 5.32 Å². The maximum atomic E-state index is 12.4. The average Bonchev–Trinajstić information content (AvgIpc) is 3.33. The Morgan fingerprint density at radius 2 is 2.24 bits per heavy atom. The summed E-state index contributed by atoms with van der Waals surface area (Å²) in [5, 5.41) is 15.3. The van der Waals surface area contributed by atoms with Crippen LogP contribution >= 0.6 is 0 Å². The van der Waals surface area contributed by atoms with Crippen molar-refractivity contribution in [3.8, 4) is 6.07 Å². The van der Waals surface area contributed by atoms with Crippen LogP contribution in [0.25, 0.3) is 0 Å². The van der Waals surface area contributed by atoms with Gasteiger partial charge in [0.25, 0.3) is 5.91 Å². The number of aromatic nitrogens is 1. The molecule has 1 aromatic carbocycles. The first kappa shape index (κ1) is 14.9. The molecule has 25 heavy (non-hydrogen) atoms. The average molecular weight is 332 g/mol. The minimum atomic E-state index is -0.428. The molecule has 0 saturated carbocycles. The van der Waals surface area contributed by atoms with Gasteiger partial charge in [0, 0.05) is 22.4 Å². The molecule has 0 spiro atoms. The number of nitrogens with one attached hydrogen (secondary N) is 1. The van der Waals surface area contributed by atoms with E-state index in [0.29, 0.717) is 17.8 Å². The predicted molar refractivity (Wildman–Crippen MR) is 88.4 cm³/mol. The molecule has 3 heterocycles. The Balaban J connectivity index is 1.62. The summed E-state index contributed by atoms with van der Waals surface area (Å²) >= 11 is 0. The number of amides is 1. The van der Waals surface area contributed by atoms with Crippen molar-refractivity contribution in [2.24, 2.45) is 4.99 Å². The number of fused-ring (bicyclic) bond motifs is 1. The summed E-state index contributed by atoms with van der Waals surface area (Å²) in [4.78, 5) is 16.9. The Morgan fingerprint density at radius 3 is 2.96 bits per heavy atom. The second-order valence-corrected chi connectivity index (χ2v) is 5.60. The van der Waals surface area contributed by atoms with Gasteiger partial charge in [-0.05, 0) is 30.7 Å². The van der Waals surface area contributed by atoms with E-state index in [9.17, 15) is 4.79 Å². The zero-order valence-electron chi connectivity index (χ0n) is 13.2. The van der Waals surface area contributed by atoms with E-state index in [4.69, 9.17) is 14.2 Å². The van der Waals surface area contributed by atoms with Gasteiger partial charge in [-0.3, -0.25) is 9.79 Å². The molecule has 0 aliphatic carbocycles.